The first-order valence-electron chi connectivity index (χ1n) is 7.56. The van der Waals surface area contributed by atoms with Crippen molar-refractivity contribution < 1.29 is 8.42 Å². The second-order valence-electron chi connectivity index (χ2n) is 5.50. The van der Waals surface area contributed by atoms with Crippen LogP contribution in [0, 0.1) is 0 Å². The van der Waals surface area contributed by atoms with Crippen LogP contribution in [0.25, 0.3) is 21.5 Å². The molecule has 0 radical (unpaired) electrons. The molecule has 2 heterocycles. The van der Waals surface area contributed by atoms with E-state index in [1.807, 2.05) is 23.6 Å². The Balaban J connectivity index is 1.60. The van der Waals surface area contributed by atoms with Crippen LogP contribution in [0.2, 0.25) is 0 Å². The molecule has 0 unspecified atom stereocenters. The monoisotopic (exact) mass is 383 g/mol. The summed E-state index contributed by atoms with van der Waals surface area (Å²) in [4.78, 5) is 13.2. The Labute approximate surface area is 153 Å². The zero-order valence-corrected chi connectivity index (χ0v) is 15.0. The summed E-state index contributed by atoms with van der Waals surface area (Å²) in [5.41, 5.74) is 2.48. The predicted octanol–water partition coefficient (Wildman–Crippen LogP) is 3.14. The quantitative estimate of drug-likeness (QED) is 0.560. The third-order valence-corrected chi connectivity index (χ3v) is 5.45. The number of nitrogens with one attached hydrogen (secondary N) is 1. The van der Waals surface area contributed by atoms with Crippen molar-refractivity contribution in [2.24, 2.45) is 5.14 Å². The van der Waals surface area contributed by atoms with Crippen LogP contribution >= 0.6 is 11.3 Å². The minimum atomic E-state index is -3.71. The van der Waals surface area contributed by atoms with Crippen LogP contribution in [0.1, 0.15) is 0 Å². The number of nitrogens with two attached hydrogens (primary N) is 1. The Morgan fingerprint density at radius 1 is 1.04 bits per heavy atom. The maximum atomic E-state index is 11.3. The molecule has 0 spiro atoms. The number of nitrogens with zero attached hydrogens (tertiary/aromatic N) is 3. The third kappa shape index (κ3) is 3.40. The first-order chi connectivity index (χ1) is 12.5. The lowest BCUT2D eigenvalue weighted by Crippen LogP contribution is -2.11. The summed E-state index contributed by atoms with van der Waals surface area (Å²) >= 11 is 1.58. The molecule has 7 nitrogen and oxygen atoms in total. The first kappa shape index (κ1) is 16.6. The lowest BCUT2D eigenvalue weighted by atomic mass is 10.1. The normalized spacial score (nSPS) is 11.6. The fraction of sp³-hybridized carbons (Fsp3) is 0. The van der Waals surface area contributed by atoms with Crippen LogP contribution < -0.4 is 10.5 Å². The molecular formula is C17H13N5O2S2. The smallest absolute Gasteiger partial charge is 0.238 e. The minimum absolute atomic E-state index is 0.0530. The van der Waals surface area contributed by atoms with Gasteiger partial charge in [-0.15, -0.1) is 11.3 Å². The SMILES string of the molecule is NS(=O)(=O)c1ccc(Nc2ncc3cc(-c4nccs4)ccc3n2)cc1. The number of thiazole rings is 1. The summed E-state index contributed by atoms with van der Waals surface area (Å²) in [5.74, 6) is 0.419. The number of rotatable bonds is 4. The van der Waals surface area contributed by atoms with Crippen LogP contribution in [0.5, 0.6) is 0 Å². The molecule has 0 saturated heterocycles. The molecule has 0 aliphatic heterocycles. The summed E-state index contributed by atoms with van der Waals surface area (Å²) in [5, 5.41) is 11.9. The van der Waals surface area contributed by atoms with Crippen LogP contribution in [-0.2, 0) is 10.0 Å². The highest BCUT2D eigenvalue weighted by Gasteiger charge is 2.08. The number of anilines is 2. The van der Waals surface area contributed by atoms with E-state index in [0.717, 1.165) is 21.5 Å². The maximum Gasteiger partial charge on any atom is 0.238 e. The Hall–Kier alpha value is -2.88. The number of aromatic nitrogens is 3. The number of hydrogen-bond donors (Lipinski definition) is 2. The largest absolute Gasteiger partial charge is 0.324 e. The van der Waals surface area contributed by atoms with Gasteiger partial charge in [0.2, 0.25) is 16.0 Å². The lowest BCUT2D eigenvalue weighted by Gasteiger charge is -2.07. The molecule has 3 N–H and O–H groups in total. The maximum absolute atomic E-state index is 11.3. The highest BCUT2D eigenvalue weighted by atomic mass is 32.2. The Kier molecular flexibility index (Phi) is 4.11. The van der Waals surface area contributed by atoms with Gasteiger partial charge < -0.3 is 5.32 Å². The molecule has 0 saturated carbocycles. The van der Waals surface area contributed by atoms with Gasteiger partial charge in [-0.2, -0.15) is 0 Å². The third-order valence-electron chi connectivity index (χ3n) is 3.70. The van der Waals surface area contributed by atoms with E-state index >= 15 is 0 Å². The number of fused-ring (bicyclic) bond motifs is 1. The highest BCUT2D eigenvalue weighted by molar-refractivity contribution is 7.89. The summed E-state index contributed by atoms with van der Waals surface area (Å²) in [6.45, 7) is 0. The van der Waals surface area contributed by atoms with Crippen molar-refractivity contribution in [3.05, 3.63) is 60.2 Å². The average molecular weight is 383 g/mol. The van der Waals surface area contributed by atoms with Gasteiger partial charge in [-0.25, -0.2) is 28.5 Å². The van der Waals surface area contributed by atoms with Crippen molar-refractivity contribution >= 4 is 43.9 Å². The molecule has 2 aromatic carbocycles. The van der Waals surface area contributed by atoms with Crippen molar-refractivity contribution in [2.45, 2.75) is 4.90 Å². The molecule has 4 aromatic rings. The van der Waals surface area contributed by atoms with E-state index in [2.05, 4.69) is 20.3 Å². The van der Waals surface area contributed by atoms with Gasteiger partial charge in [-0.1, -0.05) is 0 Å². The zero-order chi connectivity index (χ0) is 18.1. The average Bonchev–Trinajstić information content (AvgIpc) is 3.16. The number of hydrogen-bond acceptors (Lipinski definition) is 7. The highest BCUT2D eigenvalue weighted by Crippen LogP contribution is 2.26. The lowest BCUT2D eigenvalue weighted by molar-refractivity contribution is 0.598. The fourth-order valence-corrected chi connectivity index (χ4v) is 3.60. The molecule has 0 aliphatic carbocycles. The van der Waals surface area contributed by atoms with Crippen LogP contribution in [0.4, 0.5) is 11.6 Å². The summed E-state index contributed by atoms with van der Waals surface area (Å²) in [6.07, 6.45) is 3.51. The van der Waals surface area contributed by atoms with Gasteiger partial charge in [-0.05, 0) is 42.5 Å². The van der Waals surface area contributed by atoms with Crippen LogP contribution in [-0.4, -0.2) is 23.4 Å². The van der Waals surface area contributed by atoms with Gasteiger partial charge in [0.15, 0.2) is 0 Å². The molecule has 0 fully saturated rings. The molecule has 4 rings (SSSR count). The first-order valence-corrected chi connectivity index (χ1v) is 9.98. The summed E-state index contributed by atoms with van der Waals surface area (Å²) in [6, 6.07) is 12.0. The molecule has 0 amide bonds. The molecular weight excluding hydrogens is 370 g/mol. The molecule has 0 atom stereocenters. The summed E-state index contributed by atoms with van der Waals surface area (Å²) < 4.78 is 22.6. The molecule has 26 heavy (non-hydrogen) atoms. The second kappa shape index (κ2) is 6.45. The van der Waals surface area contributed by atoms with Crippen molar-refractivity contribution in [2.75, 3.05) is 5.32 Å². The van der Waals surface area contributed by atoms with Gasteiger partial charge in [0, 0.05) is 34.4 Å². The second-order valence-corrected chi connectivity index (χ2v) is 7.95. The predicted molar refractivity (Wildman–Crippen MR) is 102 cm³/mol. The zero-order valence-electron chi connectivity index (χ0n) is 13.3. The number of sulfonamides is 1. The fourth-order valence-electron chi connectivity index (χ4n) is 2.45. The molecule has 2 aromatic heterocycles. The molecule has 0 bridgehead atoms. The van der Waals surface area contributed by atoms with Crippen molar-refractivity contribution in [3.63, 3.8) is 0 Å². The number of benzene rings is 2. The van der Waals surface area contributed by atoms with Gasteiger partial charge in [0.1, 0.15) is 5.01 Å². The van der Waals surface area contributed by atoms with E-state index in [4.69, 9.17) is 5.14 Å². The summed E-state index contributed by atoms with van der Waals surface area (Å²) in [7, 11) is -3.71. The Morgan fingerprint density at radius 2 is 1.85 bits per heavy atom. The van der Waals surface area contributed by atoms with Crippen LogP contribution in [0.15, 0.2) is 65.1 Å². The van der Waals surface area contributed by atoms with Crippen molar-refractivity contribution in [3.8, 4) is 10.6 Å². The molecule has 9 heteroatoms. The topological polar surface area (TPSA) is 111 Å². The van der Waals surface area contributed by atoms with E-state index in [-0.39, 0.29) is 4.90 Å². The van der Waals surface area contributed by atoms with E-state index in [1.54, 1.807) is 35.9 Å². The van der Waals surface area contributed by atoms with Gasteiger partial charge in [0.05, 0.1) is 10.4 Å². The van der Waals surface area contributed by atoms with Gasteiger partial charge in [-0.3, -0.25) is 0 Å². The van der Waals surface area contributed by atoms with E-state index < -0.39 is 10.0 Å². The van der Waals surface area contributed by atoms with Crippen molar-refractivity contribution in [1.82, 2.24) is 15.0 Å². The molecule has 130 valence electrons. The van der Waals surface area contributed by atoms with Crippen LogP contribution in [0.3, 0.4) is 0 Å². The van der Waals surface area contributed by atoms with E-state index in [9.17, 15) is 8.42 Å². The number of primary sulfonamides is 1. The Bertz CT molecular complexity index is 1170. The molecule has 0 aliphatic rings. The van der Waals surface area contributed by atoms with Gasteiger partial charge in [0.25, 0.3) is 0 Å². The van der Waals surface area contributed by atoms with Gasteiger partial charge >= 0.3 is 0 Å². The Morgan fingerprint density at radius 3 is 2.54 bits per heavy atom. The standard InChI is InChI=1S/C17H13N5O2S2/c18-26(23,24)14-4-2-13(3-5-14)21-17-20-10-12-9-11(1-6-15(12)22-17)16-19-7-8-25-16/h1-10H,(H2,18,23,24)(H,20,21,22). The minimum Gasteiger partial charge on any atom is -0.324 e. The van der Waals surface area contributed by atoms with Crippen molar-refractivity contribution in [1.29, 1.82) is 0 Å². The van der Waals surface area contributed by atoms with E-state index in [0.29, 0.717) is 11.6 Å². The van der Waals surface area contributed by atoms with E-state index in [1.165, 1.54) is 12.1 Å².